The third-order valence-electron chi connectivity index (χ3n) is 3.12. The van der Waals surface area contributed by atoms with Crippen LogP contribution < -0.4 is 5.32 Å². The molecule has 0 heterocycles. The van der Waals surface area contributed by atoms with Crippen LogP contribution in [-0.2, 0) is 16.4 Å². The van der Waals surface area contributed by atoms with Crippen LogP contribution in [0, 0.1) is 0 Å². The number of hydrogen-bond donors (Lipinski definition) is 1. The summed E-state index contributed by atoms with van der Waals surface area (Å²) in [5.74, 6) is 0. The SMILES string of the molecule is CC(C)(CNCc1ccc(C(F)F)cc1)S(C)(=O)=O. The quantitative estimate of drug-likeness (QED) is 0.876. The molecule has 1 N–H and O–H groups in total. The van der Waals surface area contributed by atoms with Crippen LogP contribution in [0.5, 0.6) is 0 Å². The van der Waals surface area contributed by atoms with Crippen LogP contribution in [0.15, 0.2) is 24.3 Å². The Kier molecular flexibility index (Phi) is 5.04. The highest BCUT2D eigenvalue weighted by Gasteiger charge is 2.29. The first-order valence-electron chi connectivity index (χ1n) is 5.91. The predicted octanol–water partition coefficient (Wildman–Crippen LogP) is 2.54. The van der Waals surface area contributed by atoms with Crippen LogP contribution in [0.2, 0.25) is 0 Å². The number of sulfone groups is 1. The molecule has 0 saturated carbocycles. The van der Waals surface area contributed by atoms with Gasteiger partial charge in [-0.25, -0.2) is 17.2 Å². The molecule has 1 aromatic carbocycles. The molecular formula is C13H19F2NO2S. The molecule has 3 nitrogen and oxygen atoms in total. The molecule has 108 valence electrons. The minimum Gasteiger partial charge on any atom is -0.311 e. The Morgan fingerprint density at radius 2 is 1.74 bits per heavy atom. The van der Waals surface area contributed by atoms with E-state index in [1.165, 1.54) is 18.4 Å². The normalized spacial score (nSPS) is 12.9. The van der Waals surface area contributed by atoms with Crippen molar-refractivity contribution in [3.05, 3.63) is 35.4 Å². The molecule has 0 amide bonds. The Bertz CT molecular complexity index is 510. The van der Waals surface area contributed by atoms with Gasteiger partial charge in [-0.2, -0.15) is 0 Å². The van der Waals surface area contributed by atoms with Crippen LogP contribution in [0.3, 0.4) is 0 Å². The smallest absolute Gasteiger partial charge is 0.263 e. The Morgan fingerprint density at radius 1 is 1.21 bits per heavy atom. The van der Waals surface area contributed by atoms with Gasteiger partial charge in [0.25, 0.3) is 6.43 Å². The van der Waals surface area contributed by atoms with Crippen molar-refractivity contribution in [3.63, 3.8) is 0 Å². The van der Waals surface area contributed by atoms with Crippen molar-refractivity contribution in [2.45, 2.75) is 31.6 Å². The molecule has 1 rings (SSSR count). The van der Waals surface area contributed by atoms with E-state index >= 15 is 0 Å². The van der Waals surface area contributed by atoms with E-state index in [0.717, 1.165) is 5.56 Å². The van der Waals surface area contributed by atoms with Crippen molar-refractivity contribution < 1.29 is 17.2 Å². The third kappa shape index (κ3) is 4.54. The zero-order valence-electron chi connectivity index (χ0n) is 11.3. The zero-order valence-corrected chi connectivity index (χ0v) is 12.1. The lowest BCUT2D eigenvalue weighted by Crippen LogP contribution is -2.41. The Hall–Kier alpha value is -1.01. The minimum atomic E-state index is -3.14. The zero-order chi connectivity index (χ0) is 14.7. The average molecular weight is 291 g/mol. The van der Waals surface area contributed by atoms with Crippen molar-refractivity contribution in [2.24, 2.45) is 0 Å². The van der Waals surface area contributed by atoms with Gasteiger partial charge in [-0.1, -0.05) is 24.3 Å². The summed E-state index contributed by atoms with van der Waals surface area (Å²) in [5.41, 5.74) is 0.828. The van der Waals surface area contributed by atoms with Crippen LogP contribution in [0.1, 0.15) is 31.4 Å². The second-order valence-electron chi connectivity index (χ2n) is 5.18. The predicted molar refractivity (Wildman–Crippen MR) is 72.0 cm³/mol. The average Bonchev–Trinajstić information content (AvgIpc) is 2.28. The molecule has 0 saturated heterocycles. The van der Waals surface area contributed by atoms with Crippen LogP contribution in [0.4, 0.5) is 8.78 Å². The summed E-state index contributed by atoms with van der Waals surface area (Å²) in [5, 5.41) is 3.03. The molecule has 0 aliphatic rings. The van der Waals surface area contributed by atoms with E-state index in [1.807, 2.05) is 0 Å². The largest absolute Gasteiger partial charge is 0.311 e. The Labute approximate surface area is 112 Å². The van der Waals surface area contributed by atoms with Gasteiger partial charge in [-0.05, 0) is 19.4 Å². The fourth-order valence-corrected chi connectivity index (χ4v) is 1.78. The second kappa shape index (κ2) is 5.96. The van der Waals surface area contributed by atoms with Gasteiger partial charge in [-0.3, -0.25) is 0 Å². The lowest BCUT2D eigenvalue weighted by molar-refractivity contribution is 0.151. The summed E-state index contributed by atoms with van der Waals surface area (Å²) in [4.78, 5) is 0. The van der Waals surface area contributed by atoms with Crippen LogP contribution in [-0.4, -0.2) is 26.0 Å². The number of benzene rings is 1. The molecule has 0 spiro atoms. The van der Waals surface area contributed by atoms with E-state index < -0.39 is 21.0 Å². The summed E-state index contributed by atoms with van der Waals surface area (Å²) >= 11 is 0. The maximum atomic E-state index is 12.4. The standard InChI is InChI=1S/C13H19F2NO2S/c1-13(2,19(3,17)18)9-16-8-10-4-6-11(7-5-10)12(14)15/h4-7,12,16H,8-9H2,1-3H3. The van der Waals surface area contributed by atoms with Gasteiger partial charge in [0, 0.05) is 24.9 Å². The molecule has 0 unspecified atom stereocenters. The lowest BCUT2D eigenvalue weighted by Gasteiger charge is -2.22. The summed E-state index contributed by atoms with van der Waals surface area (Å²) in [6, 6.07) is 5.98. The molecular weight excluding hydrogens is 272 g/mol. The molecule has 0 atom stereocenters. The number of nitrogens with one attached hydrogen (secondary N) is 1. The van der Waals surface area contributed by atoms with E-state index in [4.69, 9.17) is 0 Å². The van der Waals surface area contributed by atoms with E-state index in [1.54, 1.807) is 26.0 Å². The Morgan fingerprint density at radius 3 is 2.16 bits per heavy atom. The first-order valence-corrected chi connectivity index (χ1v) is 7.80. The molecule has 0 fully saturated rings. The fraction of sp³-hybridized carbons (Fsp3) is 0.538. The van der Waals surface area contributed by atoms with E-state index in [0.29, 0.717) is 13.1 Å². The van der Waals surface area contributed by atoms with Gasteiger partial charge >= 0.3 is 0 Å². The molecule has 0 aliphatic heterocycles. The highest BCUT2D eigenvalue weighted by atomic mass is 32.2. The van der Waals surface area contributed by atoms with Crippen molar-refractivity contribution >= 4 is 9.84 Å². The topological polar surface area (TPSA) is 46.2 Å². The fourth-order valence-electron chi connectivity index (χ4n) is 1.42. The third-order valence-corrected chi connectivity index (χ3v) is 5.27. The summed E-state index contributed by atoms with van der Waals surface area (Å²) < 4.78 is 46.8. The van der Waals surface area contributed by atoms with Crippen molar-refractivity contribution in [3.8, 4) is 0 Å². The molecule has 1 aromatic rings. The first kappa shape index (κ1) is 16.0. The number of rotatable bonds is 6. The molecule has 6 heteroatoms. The monoisotopic (exact) mass is 291 g/mol. The highest BCUT2D eigenvalue weighted by molar-refractivity contribution is 7.92. The van der Waals surface area contributed by atoms with Gasteiger partial charge in [0.05, 0.1) is 4.75 Å². The summed E-state index contributed by atoms with van der Waals surface area (Å²) in [6.07, 6.45) is -1.27. The number of alkyl halides is 2. The lowest BCUT2D eigenvalue weighted by atomic mass is 10.1. The molecule has 19 heavy (non-hydrogen) atoms. The highest BCUT2D eigenvalue weighted by Crippen LogP contribution is 2.19. The molecule has 0 aromatic heterocycles. The number of halogens is 2. The molecule has 0 aliphatic carbocycles. The van der Waals surface area contributed by atoms with Gasteiger partial charge in [0.1, 0.15) is 0 Å². The van der Waals surface area contributed by atoms with Gasteiger partial charge in [-0.15, -0.1) is 0 Å². The summed E-state index contributed by atoms with van der Waals surface area (Å²) in [6.45, 7) is 4.05. The van der Waals surface area contributed by atoms with E-state index in [-0.39, 0.29) is 5.56 Å². The molecule has 0 bridgehead atoms. The summed E-state index contributed by atoms with van der Waals surface area (Å²) in [7, 11) is -3.14. The van der Waals surface area contributed by atoms with Crippen molar-refractivity contribution in [1.29, 1.82) is 0 Å². The second-order valence-corrected chi connectivity index (χ2v) is 7.83. The van der Waals surface area contributed by atoms with E-state index in [2.05, 4.69) is 5.32 Å². The van der Waals surface area contributed by atoms with Crippen LogP contribution >= 0.6 is 0 Å². The van der Waals surface area contributed by atoms with Gasteiger partial charge < -0.3 is 5.32 Å². The number of hydrogen-bond acceptors (Lipinski definition) is 3. The maximum Gasteiger partial charge on any atom is 0.263 e. The van der Waals surface area contributed by atoms with Gasteiger partial charge in [0.15, 0.2) is 9.84 Å². The minimum absolute atomic E-state index is 0.0137. The van der Waals surface area contributed by atoms with Crippen LogP contribution in [0.25, 0.3) is 0 Å². The first-order chi connectivity index (χ1) is 8.63. The maximum absolute atomic E-state index is 12.4. The Balaban J connectivity index is 2.54. The molecule has 0 radical (unpaired) electrons. The van der Waals surface area contributed by atoms with Crippen molar-refractivity contribution in [1.82, 2.24) is 5.32 Å². The van der Waals surface area contributed by atoms with Crippen molar-refractivity contribution in [2.75, 3.05) is 12.8 Å². The van der Waals surface area contributed by atoms with E-state index in [9.17, 15) is 17.2 Å². The van der Waals surface area contributed by atoms with Gasteiger partial charge in [0.2, 0.25) is 0 Å².